The summed E-state index contributed by atoms with van der Waals surface area (Å²) in [4.78, 5) is 23.9. The summed E-state index contributed by atoms with van der Waals surface area (Å²) >= 11 is 0. The fraction of sp³-hybridized carbons (Fsp3) is 0.800. The monoisotopic (exact) mass is 214 g/mol. The van der Waals surface area contributed by atoms with Crippen LogP contribution in [-0.4, -0.2) is 41.1 Å². The molecule has 0 radical (unpaired) electrons. The van der Waals surface area contributed by atoms with Gasteiger partial charge in [-0.3, -0.25) is 4.79 Å². The number of carboxylic acids is 1. The highest BCUT2D eigenvalue weighted by Gasteiger charge is 2.25. The molecule has 0 spiro atoms. The van der Waals surface area contributed by atoms with Crippen molar-refractivity contribution in [2.75, 3.05) is 13.1 Å². The van der Waals surface area contributed by atoms with Crippen LogP contribution in [0, 0.1) is 5.92 Å². The van der Waals surface area contributed by atoms with E-state index in [4.69, 9.17) is 5.11 Å². The molecule has 0 aromatic carbocycles. The van der Waals surface area contributed by atoms with E-state index in [0.29, 0.717) is 0 Å². The number of likely N-dealkylation sites (tertiary alicyclic amines) is 1. The summed E-state index contributed by atoms with van der Waals surface area (Å²) in [5.41, 5.74) is 0. The van der Waals surface area contributed by atoms with E-state index in [2.05, 4.69) is 5.32 Å². The number of nitrogens with zero attached hydrogens (tertiary/aromatic N) is 1. The molecule has 2 N–H and O–H groups in total. The molecule has 15 heavy (non-hydrogen) atoms. The van der Waals surface area contributed by atoms with Gasteiger partial charge in [-0.1, -0.05) is 6.92 Å². The first-order valence-electron chi connectivity index (χ1n) is 5.29. The van der Waals surface area contributed by atoms with Gasteiger partial charge >= 0.3 is 12.0 Å². The standard InChI is InChI=1S/C10H18N2O3/c1-7(9(13)14)6-11-10(15)12-5-3-4-8(12)2/h7-8H,3-6H2,1-2H3,(H,11,15)(H,13,14). The maximum Gasteiger partial charge on any atom is 0.317 e. The lowest BCUT2D eigenvalue weighted by Gasteiger charge is -2.22. The number of urea groups is 1. The predicted octanol–water partition coefficient (Wildman–Crippen LogP) is 0.901. The summed E-state index contributed by atoms with van der Waals surface area (Å²) < 4.78 is 0. The van der Waals surface area contributed by atoms with E-state index < -0.39 is 11.9 Å². The molecule has 0 aromatic heterocycles. The molecule has 1 aliphatic heterocycles. The molecule has 5 heteroatoms. The minimum Gasteiger partial charge on any atom is -0.481 e. The van der Waals surface area contributed by atoms with E-state index in [1.165, 1.54) is 0 Å². The van der Waals surface area contributed by atoms with Crippen LogP contribution in [0.25, 0.3) is 0 Å². The average Bonchev–Trinajstić information content (AvgIpc) is 2.60. The van der Waals surface area contributed by atoms with Crippen LogP contribution in [-0.2, 0) is 4.79 Å². The van der Waals surface area contributed by atoms with E-state index >= 15 is 0 Å². The topological polar surface area (TPSA) is 69.6 Å². The molecule has 86 valence electrons. The van der Waals surface area contributed by atoms with Gasteiger partial charge in [0.15, 0.2) is 0 Å². The second-order valence-electron chi connectivity index (χ2n) is 4.11. The Kier molecular flexibility index (Phi) is 3.94. The van der Waals surface area contributed by atoms with Crippen LogP contribution in [0.2, 0.25) is 0 Å². The van der Waals surface area contributed by atoms with Crippen molar-refractivity contribution in [1.82, 2.24) is 10.2 Å². The van der Waals surface area contributed by atoms with Gasteiger partial charge in [-0.15, -0.1) is 0 Å². The highest BCUT2D eigenvalue weighted by Crippen LogP contribution is 2.15. The van der Waals surface area contributed by atoms with Gasteiger partial charge < -0.3 is 15.3 Å². The lowest BCUT2D eigenvalue weighted by atomic mass is 10.2. The Balaban J connectivity index is 2.32. The Morgan fingerprint density at radius 3 is 2.73 bits per heavy atom. The van der Waals surface area contributed by atoms with E-state index in [1.54, 1.807) is 11.8 Å². The Bertz CT molecular complexity index is 255. The first kappa shape index (κ1) is 11.8. The zero-order chi connectivity index (χ0) is 11.4. The second kappa shape index (κ2) is 5.00. The Hall–Kier alpha value is -1.26. The first-order valence-corrected chi connectivity index (χ1v) is 5.29. The van der Waals surface area contributed by atoms with Crippen LogP contribution in [0.5, 0.6) is 0 Å². The number of carboxylic acid groups (broad SMARTS) is 1. The molecule has 0 bridgehead atoms. The molecule has 1 saturated heterocycles. The molecular formula is C10H18N2O3. The molecule has 2 amide bonds. The van der Waals surface area contributed by atoms with Gasteiger partial charge in [-0.2, -0.15) is 0 Å². The van der Waals surface area contributed by atoms with Crippen molar-refractivity contribution in [3.8, 4) is 0 Å². The highest BCUT2D eigenvalue weighted by molar-refractivity contribution is 5.76. The van der Waals surface area contributed by atoms with Crippen LogP contribution < -0.4 is 5.32 Å². The third-order valence-electron chi connectivity index (χ3n) is 2.79. The Morgan fingerprint density at radius 2 is 2.27 bits per heavy atom. The van der Waals surface area contributed by atoms with Crippen molar-refractivity contribution >= 4 is 12.0 Å². The third-order valence-corrected chi connectivity index (χ3v) is 2.79. The zero-order valence-electron chi connectivity index (χ0n) is 9.19. The summed E-state index contributed by atoms with van der Waals surface area (Å²) in [5, 5.41) is 11.3. The highest BCUT2D eigenvalue weighted by atomic mass is 16.4. The van der Waals surface area contributed by atoms with Crippen molar-refractivity contribution < 1.29 is 14.7 Å². The lowest BCUT2D eigenvalue weighted by Crippen LogP contribution is -2.43. The van der Waals surface area contributed by atoms with E-state index in [9.17, 15) is 9.59 Å². The van der Waals surface area contributed by atoms with Gasteiger partial charge in [0.05, 0.1) is 5.92 Å². The zero-order valence-corrected chi connectivity index (χ0v) is 9.19. The Labute approximate surface area is 89.4 Å². The largest absolute Gasteiger partial charge is 0.481 e. The number of carbonyl (C=O) groups excluding carboxylic acids is 1. The molecule has 0 aliphatic carbocycles. The first-order chi connectivity index (χ1) is 7.02. The fourth-order valence-corrected chi connectivity index (χ4v) is 1.66. The summed E-state index contributed by atoms with van der Waals surface area (Å²) in [6.45, 7) is 4.55. The predicted molar refractivity (Wildman–Crippen MR) is 55.6 cm³/mol. The molecule has 0 aromatic rings. The van der Waals surface area contributed by atoms with Crippen LogP contribution in [0.1, 0.15) is 26.7 Å². The van der Waals surface area contributed by atoms with Gasteiger partial charge in [-0.05, 0) is 19.8 Å². The van der Waals surface area contributed by atoms with Crippen molar-refractivity contribution in [3.05, 3.63) is 0 Å². The number of carbonyl (C=O) groups is 2. The van der Waals surface area contributed by atoms with Crippen LogP contribution in [0.4, 0.5) is 4.79 Å². The minimum absolute atomic E-state index is 0.145. The van der Waals surface area contributed by atoms with Gasteiger partial charge in [-0.25, -0.2) is 4.79 Å². The van der Waals surface area contributed by atoms with Gasteiger partial charge in [0.1, 0.15) is 0 Å². The smallest absolute Gasteiger partial charge is 0.317 e. The summed E-state index contributed by atoms with van der Waals surface area (Å²) in [5.74, 6) is -1.42. The number of aliphatic carboxylic acids is 1. The van der Waals surface area contributed by atoms with Crippen molar-refractivity contribution in [3.63, 3.8) is 0 Å². The maximum absolute atomic E-state index is 11.6. The van der Waals surface area contributed by atoms with Crippen LogP contribution in [0.15, 0.2) is 0 Å². The van der Waals surface area contributed by atoms with Crippen LogP contribution >= 0.6 is 0 Å². The summed E-state index contributed by atoms with van der Waals surface area (Å²) in [7, 11) is 0. The van der Waals surface area contributed by atoms with Crippen molar-refractivity contribution in [2.45, 2.75) is 32.7 Å². The number of nitrogens with one attached hydrogen (secondary N) is 1. The van der Waals surface area contributed by atoms with Gasteiger partial charge in [0, 0.05) is 19.1 Å². The molecule has 1 fully saturated rings. The van der Waals surface area contributed by atoms with E-state index in [1.807, 2.05) is 6.92 Å². The Morgan fingerprint density at radius 1 is 1.60 bits per heavy atom. The number of hydrogen-bond donors (Lipinski definition) is 2. The van der Waals surface area contributed by atoms with Gasteiger partial charge in [0.25, 0.3) is 0 Å². The van der Waals surface area contributed by atoms with Crippen LogP contribution in [0.3, 0.4) is 0 Å². The van der Waals surface area contributed by atoms with Crippen molar-refractivity contribution in [2.24, 2.45) is 5.92 Å². The number of hydrogen-bond acceptors (Lipinski definition) is 2. The molecule has 0 saturated carbocycles. The van der Waals surface area contributed by atoms with Crippen molar-refractivity contribution in [1.29, 1.82) is 0 Å². The summed E-state index contributed by atoms with van der Waals surface area (Å²) in [6, 6.07) is 0.123. The molecule has 1 aliphatic rings. The minimum atomic E-state index is -0.884. The molecule has 2 unspecified atom stereocenters. The summed E-state index contributed by atoms with van der Waals surface area (Å²) in [6.07, 6.45) is 2.06. The quantitative estimate of drug-likeness (QED) is 0.733. The molecule has 1 rings (SSSR count). The van der Waals surface area contributed by atoms with E-state index in [-0.39, 0.29) is 18.6 Å². The number of rotatable bonds is 3. The molecule has 1 heterocycles. The lowest BCUT2D eigenvalue weighted by molar-refractivity contribution is -0.140. The van der Waals surface area contributed by atoms with E-state index in [0.717, 1.165) is 19.4 Å². The maximum atomic E-state index is 11.6. The number of amides is 2. The fourth-order valence-electron chi connectivity index (χ4n) is 1.66. The third kappa shape index (κ3) is 3.11. The SMILES string of the molecule is CC(CNC(=O)N1CCCC1C)C(=O)O. The molecule has 2 atom stereocenters. The second-order valence-corrected chi connectivity index (χ2v) is 4.11. The molecule has 5 nitrogen and oxygen atoms in total. The molecular weight excluding hydrogens is 196 g/mol. The average molecular weight is 214 g/mol. The normalized spacial score (nSPS) is 22.5. The van der Waals surface area contributed by atoms with Gasteiger partial charge in [0.2, 0.25) is 0 Å².